The van der Waals surface area contributed by atoms with Crippen molar-refractivity contribution >= 4 is 0 Å². The first-order valence-electron chi connectivity index (χ1n) is 5.25. The van der Waals surface area contributed by atoms with Gasteiger partial charge >= 0.3 is 0 Å². The van der Waals surface area contributed by atoms with Crippen LogP contribution in [0, 0.1) is 29.6 Å². The van der Waals surface area contributed by atoms with Crippen molar-refractivity contribution in [2.75, 3.05) is 6.61 Å². The standard InChI is InChI=1S/C11H12N4O/c1-8-14-10(5-12)11(6-13)15(8)7-9-3-2-4-16-9/h9H,2-4,7H2,1H3. The smallest absolute Gasteiger partial charge is 0.177 e. The molecule has 0 radical (unpaired) electrons. The van der Waals surface area contributed by atoms with Gasteiger partial charge in [-0.2, -0.15) is 10.5 Å². The van der Waals surface area contributed by atoms with E-state index in [1.165, 1.54) is 0 Å². The molecule has 1 fully saturated rings. The third kappa shape index (κ3) is 1.78. The third-order valence-corrected chi connectivity index (χ3v) is 2.78. The normalized spacial score (nSPS) is 19.3. The van der Waals surface area contributed by atoms with E-state index in [1.54, 1.807) is 11.5 Å². The molecule has 5 heteroatoms. The Morgan fingerprint density at radius 1 is 1.50 bits per heavy atom. The molecular formula is C11H12N4O. The second-order valence-corrected chi connectivity index (χ2v) is 3.83. The molecule has 0 saturated carbocycles. The molecule has 1 aliphatic heterocycles. The molecule has 2 heterocycles. The highest BCUT2D eigenvalue weighted by Crippen LogP contribution is 2.17. The summed E-state index contributed by atoms with van der Waals surface area (Å²) < 4.78 is 7.29. The van der Waals surface area contributed by atoms with E-state index in [-0.39, 0.29) is 11.8 Å². The molecule has 1 saturated heterocycles. The molecule has 1 aromatic heterocycles. The van der Waals surface area contributed by atoms with Gasteiger partial charge in [-0.3, -0.25) is 0 Å². The fourth-order valence-electron chi connectivity index (χ4n) is 1.97. The highest BCUT2D eigenvalue weighted by atomic mass is 16.5. The zero-order valence-corrected chi connectivity index (χ0v) is 9.10. The number of hydrogen-bond acceptors (Lipinski definition) is 4. The monoisotopic (exact) mass is 216 g/mol. The maximum Gasteiger partial charge on any atom is 0.177 e. The summed E-state index contributed by atoms with van der Waals surface area (Å²) in [7, 11) is 0. The van der Waals surface area contributed by atoms with E-state index in [2.05, 4.69) is 4.98 Å². The van der Waals surface area contributed by atoms with Crippen molar-refractivity contribution in [2.24, 2.45) is 0 Å². The van der Waals surface area contributed by atoms with Crippen molar-refractivity contribution in [3.8, 4) is 12.1 Å². The first kappa shape index (κ1) is 10.7. The first-order valence-corrected chi connectivity index (χ1v) is 5.25. The fraction of sp³-hybridized carbons (Fsp3) is 0.545. The SMILES string of the molecule is Cc1nc(C#N)c(C#N)n1CC1CCCO1. The van der Waals surface area contributed by atoms with Gasteiger partial charge in [-0.25, -0.2) is 4.98 Å². The number of ether oxygens (including phenoxy) is 1. The zero-order chi connectivity index (χ0) is 11.5. The molecular weight excluding hydrogens is 204 g/mol. The van der Waals surface area contributed by atoms with E-state index >= 15 is 0 Å². The highest BCUT2D eigenvalue weighted by molar-refractivity contribution is 5.37. The van der Waals surface area contributed by atoms with Gasteiger partial charge in [-0.05, 0) is 19.8 Å². The summed E-state index contributed by atoms with van der Waals surface area (Å²) >= 11 is 0. The van der Waals surface area contributed by atoms with Crippen molar-refractivity contribution in [1.82, 2.24) is 9.55 Å². The summed E-state index contributed by atoms with van der Waals surface area (Å²) in [6, 6.07) is 3.97. The van der Waals surface area contributed by atoms with Gasteiger partial charge in [0.1, 0.15) is 18.0 Å². The Morgan fingerprint density at radius 3 is 2.88 bits per heavy atom. The topological polar surface area (TPSA) is 74.6 Å². The van der Waals surface area contributed by atoms with E-state index in [0.29, 0.717) is 18.1 Å². The molecule has 2 rings (SSSR count). The summed E-state index contributed by atoms with van der Waals surface area (Å²) in [5.74, 6) is 0.698. The van der Waals surface area contributed by atoms with Crippen LogP contribution in [0.3, 0.4) is 0 Å². The largest absolute Gasteiger partial charge is 0.376 e. The van der Waals surface area contributed by atoms with Crippen molar-refractivity contribution in [2.45, 2.75) is 32.4 Å². The predicted molar refractivity (Wildman–Crippen MR) is 55.4 cm³/mol. The first-order chi connectivity index (χ1) is 7.76. The molecule has 1 aromatic rings. The molecule has 0 bridgehead atoms. The molecule has 0 N–H and O–H groups in total. The van der Waals surface area contributed by atoms with Crippen LogP contribution in [0.1, 0.15) is 30.1 Å². The lowest BCUT2D eigenvalue weighted by Gasteiger charge is -2.12. The number of hydrogen-bond donors (Lipinski definition) is 0. The Morgan fingerprint density at radius 2 is 2.31 bits per heavy atom. The molecule has 16 heavy (non-hydrogen) atoms. The van der Waals surface area contributed by atoms with Gasteiger partial charge in [0.2, 0.25) is 0 Å². The molecule has 82 valence electrons. The van der Waals surface area contributed by atoms with Crippen molar-refractivity contribution in [3.05, 3.63) is 17.2 Å². The van der Waals surface area contributed by atoms with Crippen LogP contribution in [0.2, 0.25) is 0 Å². The Hall–Kier alpha value is -1.85. The minimum atomic E-state index is 0.145. The lowest BCUT2D eigenvalue weighted by Crippen LogP contribution is -2.17. The van der Waals surface area contributed by atoms with Gasteiger partial charge in [0.15, 0.2) is 11.4 Å². The Labute approximate surface area is 93.9 Å². The molecule has 0 amide bonds. The van der Waals surface area contributed by atoms with Crippen LogP contribution in [-0.2, 0) is 11.3 Å². The second kappa shape index (κ2) is 4.34. The van der Waals surface area contributed by atoms with Gasteiger partial charge in [-0.1, -0.05) is 0 Å². The van der Waals surface area contributed by atoms with E-state index < -0.39 is 0 Å². The van der Waals surface area contributed by atoms with Crippen LogP contribution in [-0.4, -0.2) is 22.3 Å². The molecule has 1 atom stereocenters. The Bertz CT molecular complexity index is 471. The number of rotatable bonds is 2. The minimum absolute atomic E-state index is 0.145. The summed E-state index contributed by atoms with van der Waals surface area (Å²) in [4.78, 5) is 4.07. The lowest BCUT2D eigenvalue weighted by atomic mass is 10.2. The van der Waals surface area contributed by atoms with Gasteiger partial charge in [0, 0.05) is 6.61 Å². The van der Waals surface area contributed by atoms with Crippen molar-refractivity contribution in [1.29, 1.82) is 10.5 Å². The number of imidazole rings is 1. The molecule has 0 spiro atoms. The number of aryl methyl sites for hydroxylation is 1. The second-order valence-electron chi connectivity index (χ2n) is 3.83. The van der Waals surface area contributed by atoms with Crippen LogP contribution in [0.15, 0.2) is 0 Å². The predicted octanol–water partition coefficient (Wildman–Crippen LogP) is 1.11. The minimum Gasteiger partial charge on any atom is -0.376 e. The summed E-state index contributed by atoms with van der Waals surface area (Å²) in [5, 5.41) is 17.9. The molecule has 0 aromatic carbocycles. The van der Waals surface area contributed by atoms with Crippen molar-refractivity contribution in [3.63, 3.8) is 0 Å². The van der Waals surface area contributed by atoms with E-state index in [1.807, 2.05) is 12.1 Å². The van der Waals surface area contributed by atoms with Crippen LogP contribution in [0.5, 0.6) is 0 Å². The molecule has 1 unspecified atom stereocenters. The molecule has 5 nitrogen and oxygen atoms in total. The van der Waals surface area contributed by atoms with Gasteiger partial charge < -0.3 is 9.30 Å². The Kier molecular flexibility index (Phi) is 2.89. The van der Waals surface area contributed by atoms with Gasteiger partial charge in [0.05, 0.1) is 12.6 Å². The average molecular weight is 216 g/mol. The quantitative estimate of drug-likeness (QED) is 0.742. The molecule has 0 aliphatic carbocycles. The maximum atomic E-state index is 9.01. The van der Waals surface area contributed by atoms with E-state index in [4.69, 9.17) is 15.3 Å². The Balaban J connectivity index is 2.29. The summed E-state index contributed by atoms with van der Waals surface area (Å²) in [5.41, 5.74) is 0.550. The zero-order valence-electron chi connectivity index (χ0n) is 9.10. The molecule has 1 aliphatic rings. The van der Waals surface area contributed by atoms with E-state index in [0.717, 1.165) is 19.4 Å². The van der Waals surface area contributed by atoms with Crippen LogP contribution in [0.25, 0.3) is 0 Å². The third-order valence-electron chi connectivity index (χ3n) is 2.78. The fourth-order valence-corrected chi connectivity index (χ4v) is 1.97. The maximum absolute atomic E-state index is 9.01. The average Bonchev–Trinajstić information content (AvgIpc) is 2.88. The number of nitrogens with zero attached hydrogens (tertiary/aromatic N) is 4. The van der Waals surface area contributed by atoms with E-state index in [9.17, 15) is 0 Å². The van der Waals surface area contributed by atoms with Gasteiger partial charge in [0.25, 0.3) is 0 Å². The highest BCUT2D eigenvalue weighted by Gasteiger charge is 2.21. The van der Waals surface area contributed by atoms with Crippen LogP contribution in [0.4, 0.5) is 0 Å². The number of nitriles is 2. The lowest BCUT2D eigenvalue weighted by molar-refractivity contribution is 0.0963. The van der Waals surface area contributed by atoms with Gasteiger partial charge in [-0.15, -0.1) is 0 Å². The summed E-state index contributed by atoms with van der Waals surface area (Å²) in [6.07, 6.45) is 2.21. The van der Waals surface area contributed by atoms with Crippen LogP contribution < -0.4 is 0 Å². The summed E-state index contributed by atoms with van der Waals surface area (Å²) in [6.45, 7) is 3.20. The van der Waals surface area contributed by atoms with Crippen molar-refractivity contribution < 1.29 is 4.74 Å². The van der Waals surface area contributed by atoms with Crippen LogP contribution >= 0.6 is 0 Å². The number of aromatic nitrogens is 2.